The van der Waals surface area contributed by atoms with Gasteiger partial charge in [0.05, 0.1) is 28.8 Å². The number of nitrogens with one attached hydrogen (secondary N) is 2. The number of ether oxygens (including phenoxy) is 1. The summed E-state index contributed by atoms with van der Waals surface area (Å²) in [4.78, 5) is 25.3. The molecule has 2 amide bonds. The fourth-order valence-corrected chi connectivity index (χ4v) is 3.69. The van der Waals surface area contributed by atoms with E-state index in [0.29, 0.717) is 16.5 Å². The monoisotopic (exact) mass is 398 g/mol. The van der Waals surface area contributed by atoms with Crippen LogP contribution in [0.4, 0.5) is 5.00 Å². The Kier molecular flexibility index (Phi) is 6.16. The van der Waals surface area contributed by atoms with Gasteiger partial charge in [-0.1, -0.05) is 12.1 Å². The van der Waals surface area contributed by atoms with E-state index in [0.717, 1.165) is 16.9 Å². The molecule has 0 bridgehead atoms. The molecule has 7 heteroatoms. The van der Waals surface area contributed by atoms with Crippen LogP contribution in [0.1, 0.15) is 51.2 Å². The summed E-state index contributed by atoms with van der Waals surface area (Å²) in [6, 6.07) is 12.5. The average molecular weight is 398 g/mol. The number of anilines is 1. The Hall–Kier alpha value is -3.06. The summed E-state index contributed by atoms with van der Waals surface area (Å²) < 4.78 is 10.5. The molecule has 0 unspecified atom stereocenters. The third kappa shape index (κ3) is 4.61. The third-order valence-corrected chi connectivity index (χ3v) is 5.30. The van der Waals surface area contributed by atoms with E-state index in [9.17, 15) is 9.59 Å². The normalized spacial score (nSPS) is 11.7. The Morgan fingerprint density at radius 1 is 1.18 bits per heavy atom. The zero-order chi connectivity index (χ0) is 20.1. The van der Waals surface area contributed by atoms with Crippen molar-refractivity contribution in [3.8, 4) is 5.75 Å². The van der Waals surface area contributed by atoms with Crippen molar-refractivity contribution in [2.75, 3.05) is 11.9 Å². The van der Waals surface area contributed by atoms with Crippen molar-refractivity contribution in [3.63, 3.8) is 0 Å². The molecule has 0 spiro atoms. The predicted octanol–water partition coefficient (Wildman–Crippen LogP) is 4.79. The van der Waals surface area contributed by atoms with Crippen LogP contribution in [0.2, 0.25) is 0 Å². The number of carbonyl (C=O) groups excluding carboxylic acids is 2. The highest BCUT2D eigenvalue weighted by molar-refractivity contribution is 7.18. The van der Waals surface area contributed by atoms with Crippen molar-refractivity contribution >= 4 is 28.2 Å². The summed E-state index contributed by atoms with van der Waals surface area (Å²) >= 11 is 1.23. The van der Waals surface area contributed by atoms with Gasteiger partial charge in [-0.2, -0.15) is 0 Å². The van der Waals surface area contributed by atoms with Gasteiger partial charge >= 0.3 is 0 Å². The number of amides is 2. The average Bonchev–Trinajstić information content (AvgIpc) is 3.32. The summed E-state index contributed by atoms with van der Waals surface area (Å²) in [6.07, 6.45) is 1.44. The van der Waals surface area contributed by atoms with Crippen molar-refractivity contribution in [2.45, 2.75) is 26.8 Å². The van der Waals surface area contributed by atoms with E-state index in [4.69, 9.17) is 9.15 Å². The van der Waals surface area contributed by atoms with Gasteiger partial charge in [-0.15, -0.1) is 11.3 Å². The molecule has 28 heavy (non-hydrogen) atoms. The second-order valence-electron chi connectivity index (χ2n) is 6.25. The van der Waals surface area contributed by atoms with E-state index in [1.807, 2.05) is 45.0 Å². The number of furan rings is 1. The highest BCUT2D eigenvalue weighted by Gasteiger charge is 2.18. The minimum absolute atomic E-state index is 0.161. The third-order valence-electron chi connectivity index (χ3n) is 4.14. The molecule has 146 valence electrons. The number of thiophene rings is 1. The Balaban J connectivity index is 1.65. The Morgan fingerprint density at radius 2 is 1.93 bits per heavy atom. The van der Waals surface area contributed by atoms with Crippen LogP contribution in [0.3, 0.4) is 0 Å². The lowest BCUT2D eigenvalue weighted by atomic mass is 10.1. The van der Waals surface area contributed by atoms with Crippen LogP contribution in [-0.2, 0) is 0 Å². The molecule has 3 aromatic rings. The topological polar surface area (TPSA) is 80.6 Å². The second-order valence-corrected chi connectivity index (χ2v) is 7.30. The molecule has 1 atom stereocenters. The minimum atomic E-state index is -0.346. The van der Waals surface area contributed by atoms with Crippen molar-refractivity contribution < 1.29 is 18.7 Å². The van der Waals surface area contributed by atoms with Crippen molar-refractivity contribution in [1.29, 1.82) is 0 Å². The van der Waals surface area contributed by atoms with Gasteiger partial charge < -0.3 is 19.8 Å². The van der Waals surface area contributed by atoms with Crippen LogP contribution < -0.4 is 15.4 Å². The van der Waals surface area contributed by atoms with Crippen LogP contribution in [0.5, 0.6) is 5.75 Å². The van der Waals surface area contributed by atoms with Crippen molar-refractivity contribution in [2.24, 2.45) is 0 Å². The summed E-state index contributed by atoms with van der Waals surface area (Å²) in [5, 5.41) is 6.35. The van der Waals surface area contributed by atoms with E-state index in [2.05, 4.69) is 10.6 Å². The van der Waals surface area contributed by atoms with E-state index < -0.39 is 0 Å². The second kappa shape index (κ2) is 8.75. The van der Waals surface area contributed by atoms with E-state index in [1.165, 1.54) is 17.6 Å². The van der Waals surface area contributed by atoms with Gasteiger partial charge in [0, 0.05) is 0 Å². The summed E-state index contributed by atoms with van der Waals surface area (Å²) in [5.74, 6) is 0.500. The fraction of sp³-hybridized carbons (Fsp3) is 0.238. The maximum atomic E-state index is 12.7. The number of hydrogen-bond donors (Lipinski definition) is 2. The molecule has 0 aliphatic carbocycles. The van der Waals surface area contributed by atoms with Gasteiger partial charge in [-0.3, -0.25) is 9.59 Å². The molecule has 6 nitrogen and oxygen atoms in total. The highest BCUT2D eigenvalue weighted by Crippen LogP contribution is 2.28. The molecule has 2 N–H and O–H groups in total. The molecular weight excluding hydrogens is 376 g/mol. The molecule has 3 rings (SSSR count). The maximum absolute atomic E-state index is 12.7. The quantitative estimate of drug-likeness (QED) is 0.599. The molecule has 0 saturated heterocycles. The Morgan fingerprint density at radius 3 is 2.57 bits per heavy atom. The molecule has 0 aliphatic heterocycles. The molecule has 0 aliphatic rings. The van der Waals surface area contributed by atoms with Gasteiger partial charge in [0.1, 0.15) is 5.75 Å². The lowest BCUT2D eigenvalue weighted by Crippen LogP contribution is -2.26. The minimum Gasteiger partial charge on any atom is -0.494 e. The molecule has 0 fully saturated rings. The molecule has 0 radical (unpaired) electrons. The van der Waals surface area contributed by atoms with E-state index in [1.54, 1.807) is 18.2 Å². The van der Waals surface area contributed by atoms with Gasteiger partial charge in [0.2, 0.25) is 0 Å². The van der Waals surface area contributed by atoms with Gasteiger partial charge in [0.15, 0.2) is 5.76 Å². The number of aryl methyl sites for hydroxylation is 1. The molecule has 1 aromatic carbocycles. The molecule has 2 aromatic heterocycles. The zero-order valence-electron chi connectivity index (χ0n) is 15.9. The first-order chi connectivity index (χ1) is 13.5. The fourth-order valence-electron chi connectivity index (χ4n) is 2.72. The van der Waals surface area contributed by atoms with Crippen LogP contribution in [0, 0.1) is 6.92 Å². The largest absolute Gasteiger partial charge is 0.494 e. The molecule has 2 heterocycles. The van der Waals surface area contributed by atoms with E-state index >= 15 is 0 Å². The maximum Gasteiger partial charge on any atom is 0.291 e. The van der Waals surface area contributed by atoms with E-state index in [-0.39, 0.29) is 23.6 Å². The summed E-state index contributed by atoms with van der Waals surface area (Å²) in [7, 11) is 0. The van der Waals surface area contributed by atoms with Crippen LogP contribution >= 0.6 is 11.3 Å². The lowest BCUT2D eigenvalue weighted by Gasteiger charge is -2.14. The summed E-state index contributed by atoms with van der Waals surface area (Å²) in [5.41, 5.74) is 1.79. The number of carbonyl (C=O) groups is 2. The van der Waals surface area contributed by atoms with Crippen molar-refractivity contribution in [3.05, 3.63) is 70.5 Å². The van der Waals surface area contributed by atoms with Gasteiger partial charge in [-0.05, 0) is 62.2 Å². The predicted molar refractivity (Wildman–Crippen MR) is 109 cm³/mol. The van der Waals surface area contributed by atoms with Gasteiger partial charge in [0.25, 0.3) is 11.8 Å². The Labute approximate surface area is 167 Å². The van der Waals surface area contributed by atoms with Crippen LogP contribution in [-0.4, -0.2) is 18.4 Å². The number of benzene rings is 1. The lowest BCUT2D eigenvalue weighted by molar-refractivity contribution is 0.0942. The first kappa shape index (κ1) is 19.7. The van der Waals surface area contributed by atoms with Crippen molar-refractivity contribution in [1.82, 2.24) is 5.32 Å². The summed E-state index contributed by atoms with van der Waals surface area (Å²) in [6.45, 7) is 6.32. The first-order valence-electron chi connectivity index (χ1n) is 8.96. The van der Waals surface area contributed by atoms with Gasteiger partial charge in [-0.25, -0.2) is 0 Å². The molecular formula is C21H22N2O4S. The first-order valence-corrected chi connectivity index (χ1v) is 9.78. The smallest absolute Gasteiger partial charge is 0.291 e. The Bertz CT molecular complexity index is 945. The van der Waals surface area contributed by atoms with Crippen LogP contribution in [0.15, 0.2) is 53.1 Å². The highest BCUT2D eigenvalue weighted by atomic mass is 32.1. The molecule has 0 saturated carbocycles. The SMILES string of the molecule is CCOc1ccc([C@H](C)NC(=O)c2sc(NC(=O)c3ccco3)cc2C)cc1. The zero-order valence-corrected chi connectivity index (χ0v) is 16.8. The number of rotatable bonds is 7. The standard InChI is InChI=1S/C21H22N2O4S/c1-4-26-16-9-7-15(8-10-16)14(3)22-21(25)19-13(2)12-18(28-19)23-20(24)17-6-5-11-27-17/h5-12,14H,4H2,1-3H3,(H,22,25)(H,23,24)/t14-/m0/s1. The van der Waals surface area contributed by atoms with Crippen LogP contribution in [0.25, 0.3) is 0 Å². The number of hydrogen-bond acceptors (Lipinski definition) is 5.